The van der Waals surface area contributed by atoms with Crippen molar-refractivity contribution in [3.63, 3.8) is 0 Å². The molecule has 5 heteroatoms. The summed E-state index contributed by atoms with van der Waals surface area (Å²) in [5, 5.41) is 12.5. The number of pyridine rings is 1. The van der Waals surface area contributed by atoms with E-state index in [4.69, 9.17) is 0 Å². The van der Waals surface area contributed by atoms with Crippen LogP contribution in [0.15, 0.2) is 45.5 Å². The molecule has 0 aliphatic carbocycles. The molecule has 2 rings (SSSR count). The van der Waals surface area contributed by atoms with Gasteiger partial charge in [0.25, 0.3) is 0 Å². The predicted molar refractivity (Wildman–Crippen MR) is 78.3 cm³/mol. The summed E-state index contributed by atoms with van der Waals surface area (Å²) in [6.45, 7) is 1.43. The summed E-state index contributed by atoms with van der Waals surface area (Å²) >= 11 is 6.85. The van der Waals surface area contributed by atoms with Gasteiger partial charge in [-0.3, -0.25) is 4.98 Å². The van der Waals surface area contributed by atoms with E-state index < -0.39 is 0 Å². The van der Waals surface area contributed by atoms with Crippen molar-refractivity contribution < 1.29 is 5.11 Å². The first-order valence-corrected chi connectivity index (χ1v) is 7.02. The molecular formula is C13H12Br2N2O. The first-order valence-electron chi connectivity index (χ1n) is 5.43. The number of phenols is 1. The smallest absolute Gasteiger partial charge is 0.115 e. The van der Waals surface area contributed by atoms with E-state index in [0.29, 0.717) is 6.54 Å². The maximum absolute atomic E-state index is 9.18. The number of benzene rings is 1. The molecule has 2 N–H and O–H groups in total. The van der Waals surface area contributed by atoms with Gasteiger partial charge >= 0.3 is 0 Å². The van der Waals surface area contributed by atoms with Crippen LogP contribution in [-0.4, -0.2) is 10.1 Å². The molecule has 0 saturated heterocycles. The zero-order chi connectivity index (χ0) is 13.0. The Morgan fingerprint density at radius 1 is 1.11 bits per heavy atom. The van der Waals surface area contributed by atoms with Crippen molar-refractivity contribution in [2.75, 3.05) is 0 Å². The van der Waals surface area contributed by atoms with Crippen LogP contribution in [0.1, 0.15) is 11.3 Å². The first-order chi connectivity index (χ1) is 8.65. The molecule has 0 radical (unpaired) electrons. The minimum atomic E-state index is 0.288. The highest BCUT2D eigenvalue weighted by atomic mass is 79.9. The minimum Gasteiger partial charge on any atom is -0.508 e. The third-order valence-corrected chi connectivity index (χ3v) is 3.56. The normalized spacial score (nSPS) is 10.6. The topological polar surface area (TPSA) is 45.1 Å². The molecule has 3 nitrogen and oxygen atoms in total. The van der Waals surface area contributed by atoms with E-state index in [1.54, 1.807) is 18.3 Å². The number of hydrogen-bond donors (Lipinski definition) is 2. The number of halogens is 2. The molecule has 0 spiro atoms. The van der Waals surface area contributed by atoms with Gasteiger partial charge in [-0.2, -0.15) is 0 Å². The van der Waals surface area contributed by atoms with Crippen molar-refractivity contribution >= 4 is 31.9 Å². The summed E-state index contributed by atoms with van der Waals surface area (Å²) in [7, 11) is 0. The summed E-state index contributed by atoms with van der Waals surface area (Å²) in [6.07, 6.45) is 1.78. The number of nitrogens with zero attached hydrogens (tertiary/aromatic N) is 1. The SMILES string of the molecule is Oc1ccc(CNCc2ncc(Br)cc2Br)cc1. The van der Waals surface area contributed by atoms with Crippen LogP contribution in [0.4, 0.5) is 0 Å². The van der Waals surface area contributed by atoms with Crippen molar-refractivity contribution in [1.29, 1.82) is 0 Å². The molecule has 0 saturated carbocycles. The molecule has 0 aliphatic heterocycles. The Kier molecular flexibility index (Phi) is 4.74. The average molecular weight is 372 g/mol. The van der Waals surface area contributed by atoms with Gasteiger partial charge < -0.3 is 10.4 Å². The van der Waals surface area contributed by atoms with Crippen LogP contribution in [0.2, 0.25) is 0 Å². The minimum absolute atomic E-state index is 0.288. The van der Waals surface area contributed by atoms with Crippen LogP contribution >= 0.6 is 31.9 Å². The number of nitrogens with one attached hydrogen (secondary N) is 1. The van der Waals surface area contributed by atoms with Crippen LogP contribution in [0.25, 0.3) is 0 Å². The van der Waals surface area contributed by atoms with E-state index in [0.717, 1.165) is 26.7 Å². The van der Waals surface area contributed by atoms with Crippen molar-refractivity contribution in [1.82, 2.24) is 10.3 Å². The third kappa shape index (κ3) is 3.80. The van der Waals surface area contributed by atoms with Gasteiger partial charge in [0.05, 0.1) is 5.69 Å². The Balaban J connectivity index is 1.90. The van der Waals surface area contributed by atoms with E-state index >= 15 is 0 Å². The van der Waals surface area contributed by atoms with Gasteiger partial charge in [-0.1, -0.05) is 12.1 Å². The highest BCUT2D eigenvalue weighted by Crippen LogP contribution is 2.19. The molecular weight excluding hydrogens is 360 g/mol. The summed E-state index contributed by atoms with van der Waals surface area (Å²) < 4.78 is 1.94. The Bertz CT molecular complexity index is 529. The Labute approximate surface area is 123 Å². The standard InChI is InChI=1S/C13H12Br2N2O/c14-10-5-12(15)13(17-7-10)8-16-6-9-1-3-11(18)4-2-9/h1-5,7,16,18H,6,8H2. The van der Waals surface area contributed by atoms with Gasteiger partial charge in [0.15, 0.2) is 0 Å². The van der Waals surface area contributed by atoms with Crippen LogP contribution in [-0.2, 0) is 13.1 Å². The number of aromatic nitrogens is 1. The molecule has 0 aliphatic rings. The largest absolute Gasteiger partial charge is 0.508 e. The molecule has 1 heterocycles. The van der Waals surface area contributed by atoms with Crippen LogP contribution < -0.4 is 5.32 Å². The Hall–Kier alpha value is -0.910. The molecule has 94 valence electrons. The lowest BCUT2D eigenvalue weighted by Gasteiger charge is -2.06. The van der Waals surface area contributed by atoms with Gasteiger partial charge in [-0.25, -0.2) is 0 Å². The van der Waals surface area contributed by atoms with Crippen LogP contribution in [0, 0.1) is 0 Å². The zero-order valence-corrected chi connectivity index (χ0v) is 12.7. The summed E-state index contributed by atoms with van der Waals surface area (Å²) in [6, 6.07) is 9.14. The summed E-state index contributed by atoms with van der Waals surface area (Å²) in [4.78, 5) is 4.33. The molecule has 0 fully saturated rings. The second-order valence-corrected chi connectivity index (χ2v) is 5.62. The van der Waals surface area contributed by atoms with E-state index in [9.17, 15) is 5.11 Å². The molecule has 0 amide bonds. The predicted octanol–water partition coefficient (Wildman–Crippen LogP) is 3.60. The number of hydrogen-bond acceptors (Lipinski definition) is 3. The quantitative estimate of drug-likeness (QED) is 0.862. The highest BCUT2D eigenvalue weighted by Gasteiger charge is 2.02. The van der Waals surface area contributed by atoms with E-state index in [-0.39, 0.29) is 5.75 Å². The number of aromatic hydroxyl groups is 1. The lowest BCUT2D eigenvalue weighted by molar-refractivity contribution is 0.475. The fourth-order valence-electron chi connectivity index (χ4n) is 1.51. The van der Waals surface area contributed by atoms with Crippen molar-refractivity contribution in [3.8, 4) is 5.75 Å². The molecule has 1 aromatic carbocycles. The lowest BCUT2D eigenvalue weighted by atomic mass is 10.2. The van der Waals surface area contributed by atoms with Crippen molar-refractivity contribution in [2.24, 2.45) is 0 Å². The van der Waals surface area contributed by atoms with Gasteiger partial charge in [-0.05, 0) is 55.6 Å². The Morgan fingerprint density at radius 3 is 2.50 bits per heavy atom. The van der Waals surface area contributed by atoms with E-state index in [2.05, 4.69) is 42.2 Å². The van der Waals surface area contributed by atoms with Crippen LogP contribution in [0.3, 0.4) is 0 Å². The first kappa shape index (κ1) is 13.5. The molecule has 2 aromatic rings. The van der Waals surface area contributed by atoms with Crippen molar-refractivity contribution in [3.05, 3.63) is 56.7 Å². The number of rotatable bonds is 4. The van der Waals surface area contributed by atoms with E-state index in [1.165, 1.54) is 0 Å². The zero-order valence-electron chi connectivity index (χ0n) is 9.53. The second kappa shape index (κ2) is 6.31. The van der Waals surface area contributed by atoms with Gasteiger partial charge in [-0.15, -0.1) is 0 Å². The van der Waals surface area contributed by atoms with E-state index in [1.807, 2.05) is 18.2 Å². The van der Waals surface area contributed by atoms with Crippen molar-refractivity contribution in [2.45, 2.75) is 13.1 Å². The molecule has 18 heavy (non-hydrogen) atoms. The summed E-state index contributed by atoms with van der Waals surface area (Å²) in [5.41, 5.74) is 2.10. The highest BCUT2D eigenvalue weighted by molar-refractivity contribution is 9.11. The second-order valence-electron chi connectivity index (χ2n) is 3.85. The third-order valence-electron chi connectivity index (χ3n) is 2.44. The molecule has 0 bridgehead atoms. The molecule has 1 aromatic heterocycles. The fraction of sp³-hybridized carbons (Fsp3) is 0.154. The maximum Gasteiger partial charge on any atom is 0.115 e. The summed E-state index contributed by atoms with van der Waals surface area (Å²) in [5.74, 6) is 0.288. The van der Waals surface area contributed by atoms with Gasteiger partial charge in [0, 0.05) is 28.2 Å². The maximum atomic E-state index is 9.18. The van der Waals surface area contributed by atoms with Gasteiger partial charge in [0.2, 0.25) is 0 Å². The van der Waals surface area contributed by atoms with Crippen LogP contribution in [0.5, 0.6) is 5.75 Å². The molecule has 0 unspecified atom stereocenters. The number of phenolic OH excluding ortho intramolecular Hbond substituents is 1. The Morgan fingerprint density at radius 2 is 1.83 bits per heavy atom. The lowest BCUT2D eigenvalue weighted by Crippen LogP contribution is -2.14. The monoisotopic (exact) mass is 370 g/mol. The fourth-order valence-corrected chi connectivity index (χ4v) is 2.64. The molecule has 0 atom stereocenters. The van der Waals surface area contributed by atoms with Gasteiger partial charge in [0.1, 0.15) is 5.75 Å². The average Bonchev–Trinajstić information content (AvgIpc) is 2.34.